The molecular weight excluding hydrogens is 384 g/mol. The molecule has 0 spiro atoms. The number of carbonyl (C=O) groups is 2. The highest BCUT2D eigenvalue weighted by Crippen LogP contribution is 2.24. The lowest BCUT2D eigenvalue weighted by Crippen LogP contribution is -2.37. The second kappa shape index (κ2) is 9.23. The van der Waals surface area contributed by atoms with Gasteiger partial charge in [-0.2, -0.15) is 0 Å². The molecule has 0 saturated heterocycles. The maximum absolute atomic E-state index is 12.5. The molecular formula is C19H22N2O6S. The fourth-order valence-electron chi connectivity index (χ4n) is 2.45. The smallest absolute Gasteiger partial charge is 0.337 e. The molecule has 0 fully saturated rings. The first-order valence-corrected chi connectivity index (χ1v) is 10.3. The predicted molar refractivity (Wildman–Crippen MR) is 106 cm³/mol. The fourth-order valence-corrected chi connectivity index (χ4v) is 3.31. The number of para-hydroxylation sites is 2. The molecule has 0 radical (unpaired) electrons. The summed E-state index contributed by atoms with van der Waals surface area (Å²) >= 11 is 0. The zero-order valence-corrected chi connectivity index (χ0v) is 16.7. The summed E-state index contributed by atoms with van der Waals surface area (Å²) in [5, 5.41) is 2.66. The van der Waals surface area contributed by atoms with E-state index in [1.807, 2.05) is 6.92 Å². The molecule has 0 aliphatic rings. The number of rotatable bonds is 8. The quantitative estimate of drug-likeness (QED) is 0.675. The van der Waals surface area contributed by atoms with E-state index in [9.17, 15) is 18.0 Å². The minimum Gasteiger partial charge on any atom is -0.492 e. The van der Waals surface area contributed by atoms with Crippen LogP contribution in [-0.4, -0.2) is 46.8 Å². The number of nitrogens with one attached hydrogen (secondary N) is 1. The van der Waals surface area contributed by atoms with Crippen molar-refractivity contribution < 1.29 is 27.5 Å². The molecule has 0 aliphatic carbocycles. The van der Waals surface area contributed by atoms with Crippen molar-refractivity contribution in [1.82, 2.24) is 0 Å². The van der Waals surface area contributed by atoms with E-state index in [1.54, 1.807) is 24.3 Å². The largest absolute Gasteiger partial charge is 0.492 e. The normalized spacial score (nSPS) is 10.8. The highest BCUT2D eigenvalue weighted by Gasteiger charge is 2.22. The van der Waals surface area contributed by atoms with Crippen molar-refractivity contribution in [2.45, 2.75) is 6.92 Å². The average molecular weight is 406 g/mol. The van der Waals surface area contributed by atoms with Crippen molar-refractivity contribution in [2.75, 3.05) is 36.1 Å². The third-order valence-corrected chi connectivity index (χ3v) is 4.87. The summed E-state index contributed by atoms with van der Waals surface area (Å²) in [6.45, 7) is 1.81. The third-order valence-electron chi connectivity index (χ3n) is 3.72. The summed E-state index contributed by atoms with van der Waals surface area (Å²) in [6, 6.07) is 12.6. The van der Waals surface area contributed by atoms with E-state index in [0.29, 0.717) is 18.0 Å². The predicted octanol–water partition coefficient (Wildman–Crippen LogP) is 2.28. The van der Waals surface area contributed by atoms with E-state index in [4.69, 9.17) is 4.74 Å². The number of ether oxygens (including phenoxy) is 2. The summed E-state index contributed by atoms with van der Waals surface area (Å²) in [7, 11) is -2.49. The topological polar surface area (TPSA) is 102 Å². The Kier molecular flexibility index (Phi) is 7.00. The van der Waals surface area contributed by atoms with Crippen LogP contribution in [0.4, 0.5) is 11.4 Å². The van der Waals surface area contributed by atoms with Gasteiger partial charge < -0.3 is 14.8 Å². The molecule has 0 heterocycles. The number of benzene rings is 2. The second-order valence-electron chi connectivity index (χ2n) is 5.79. The number of nitrogens with zero attached hydrogens (tertiary/aromatic N) is 1. The minimum absolute atomic E-state index is 0.253. The van der Waals surface area contributed by atoms with Crippen LogP contribution in [0.3, 0.4) is 0 Å². The lowest BCUT2D eigenvalue weighted by molar-refractivity contribution is -0.114. The number of esters is 1. The van der Waals surface area contributed by atoms with Crippen LogP contribution in [0.5, 0.6) is 5.75 Å². The van der Waals surface area contributed by atoms with Crippen LogP contribution in [0.15, 0.2) is 48.5 Å². The van der Waals surface area contributed by atoms with Gasteiger partial charge in [-0.3, -0.25) is 9.10 Å². The molecule has 150 valence electrons. The Balaban J connectivity index is 2.21. The summed E-state index contributed by atoms with van der Waals surface area (Å²) < 4.78 is 35.4. The zero-order chi connectivity index (χ0) is 20.7. The van der Waals surface area contributed by atoms with Crippen molar-refractivity contribution >= 4 is 33.3 Å². The van der Waals surface area contributed by atoms with Gasteiger partial charge in [-0.25, -0.2) is 13.2 Å². The molecule has 0 unspecified atom stereocenters. The number of methoxy groups -OCH3 is 1. The summed E-state index contributed by atoms with van der Waals surface area (Å²) in [5.74, 6) is -0.580. The number of amides is 1. The first-order chi connectivity index (χ1) is 13.3. The molecule has 0 aliphatic heterocycles. The van der Waals surface area contributed by atoms with Gasteiger partial charge in [0.25, 0.3) is 0 Å². The summed E-state index contributed by atoms with van der Waals surface area (Å²) in [4.78, 5) is 24.0. The van der Waals surface area contributed by atoms with E-state index in [-0.39, 0.29) is 11.3 Å². The minimum atomic E-state index is -3.74. The van der Waals surface area contributed by atoms with Gasteiger partial charge in [-0.15, -0.1) is 0 Å². The zero-order valence-electron chi connectivity index (χ0n) is 15.8. The van der Waals surface area contributed by atoms with Crippen LogP contribution in [0.2, 0.25) is 0 Å². The molecule has 2 aromatic carbocycles. The lowest BCUT2D eigenvalue weighted by Gasteiger charge is -2.22. The number of hydrogen-bond acceptors (Lipinski definition) is 6. The Bertz CT molecular complexity index is 941. The van der Waals surface area contributed by atoms with Crippen LogP contribution < -0.4 is 14.4 Å². The number of anilines is 2. The Hall–Kier alpha value is -3.07. The fraction of sp³-hybridized carbons (Fsp3) is 0.263. The Labute approximate surface area is 164 Å². The van der Waals surface area contributed by atoms with Crippen molar-refractivity contribution in [1.29, 1.82) is 0 Å². The Morgan fingerprint density at radius 3 is 2.29 bits per heavy atom. The second-order valence-corrected chi connectivity index (χ2v) is 7.69. The first kappa shape index (κ1) is 21.2. The lowest BCUT2D eigenvalue weighted by atomic mass is 10.2. The molecule has 1 N–H and O–H groups in total. The molecule has 8 nitrogen and oxygen atoms in total. The van der Waals surface area contributed by atoms with Gasteiger partial charge in [-0.05, 0) is 43.3 Å². The van der Waals surface area contributed by atoms with Gasteiger partial charge in [0.1, 0.15) is 12.3 Å². The molecule has 28 heavy (non-hydrogen) atoms. The number of sulfonamides is 1. The monoisotopic (exact) mass is 406 g/mol. The van der Waals surface area contributed by atoms with Gasteiger partial charge in [0, 0.05) is 0 Å². The van der Waals surface area contributed by atoms with E-state index in [2.05, 4.69) is 10.1 Å². The van der Waals surface area contributed by atoms with Crippen LogP contribution in [0.25, 0.3) is 0 Å². The van der Waals surface area contributed by atoms with E-state index in [1.165, 1.54) is 31.4 Å². The van der Waals surface area contributed by atoms with E-state index < -0.39 is 28.4 Å². The molecule has 0 bridgehead atoms. The Morgan fingerprint density at radius 2 is 1.71 bits per heavy atom. The Morgan fingerprint density at radius 1 is 1.07 bits per heavy atom. The van der Waals surface area contributed by atoms with Crippen molar-refractivity contribution in [3.8, 4) is 5.75 Å². The molecule has 1 amide bonds. The molecule has 9 heteroatoms. The SMILES string of the molecule is CCOc1ccccc1NC(=O)CN(c1ccc(C(=O)OC)cc1)S(C)(=O)=O. The maximum Gasteiger partial charge on any atom is 0.337 e. The van der Waals surface area contributed by atoms with Crippen LogP contribution in [0, 0.1) is 0 Å². The molecule has 2 aromatic rings. The van der Waals surface area contributed by atoms with E-state index in [0.717, 1.165) is 10.6 Å². The molecule has 0 aromatic heterocycles. The van der Waals surface area contributed by atoms with Crippen LogP contribution in [0.1, 0.15) is 17.3 Å². The molecule has 0 atom stereocenters. The van der Waals surface area contributed by atoms with Crippen LogP contribution >= 0.6 is 0 Å². The number of carbonyl (C=O) groups excluding carboxylic acids is 2. The van der Waals surface area contributed by atoms with Gasteiger partial charge in [0.2, 0.25) is 15.9 Å². The van der Waals surface area contributed by atoms with Crippen molar-refractivity contribution in [2.24, 2.45) is 0 Å². The van der Waals surface area contributed by atoms with Gasteiger partial charge in [0.05, 0.1) is 36.9 Å². The molecule has 0 saturated carbocycles. The standard InChI is InChI=1S/C19H22N2O6S/c1-4-27-17-8-6-5-7-16(17)20-18(22)13-21(28(3,24)25)15-11-9-14(10-12-15)19(23)26-2/h5-12H,4,13H2,1-3H3,(H,20,22). The number of hydrogen-bond donors (Lipinski definition) is 1. The third kappa shape index (κ3) is 5.46. The first-order valence-electron chi connectivity index (χ1n) is 8.44. The average Bonchev–Trinajstić information content (AvgIpc) is 2.66. The van der Waals surface area contributed by atoms with Gasteiger partial charge >= 0.3 is 5.97 Å². The van der Waals surface area contributed by atoms with Gasteiger partial charge in [-0.1, -0.05) is 12.1 Å². The van der Waals surface area contributed by atoms with Gasteiger partial charge in [0.15, 0.2) is 0 Å². The maximum atomic E-state index is 12.5. The molecule has 2 rings (SSSR count). The highest BCUT2D eigenvalue weighted by atomic mass is 32.2. The van der Waals surface area contributed by atoms with Crippen LogP contribution in [-0.2, 0) is 19.6 Å². The summed E-state index contributed by atoms with van der Waals surface area (Å²) in [5.41, 5.74) is 0.974. The van der Waals surface area contributed by atoms with Crippen molar-refractivity contribution in [3.05, 3.63) is 54.1 Å². The van der Waals surface area contributed by atoms with E-state index >= 15 is 0 Å². The van der Waals surface area contributed by atoms with Crippen molar-refractivity contribution in [3.63, 3.8) is 0 Å². The highest BCUT2D eigenvalue weighted by molar-refractivity contribution is 7.92. The summed E-state index contributed by atoms with van der Waals surface area (Å²) in [6.07, 6.45) is 1.00.